The molecule has 0 radical (unpaired) electrons. The van der Waals surface area contributed by atoms with Crippen molar-refractivity contribution in [3.05, 3.63) is 30.1 Å². The summed E-state index contributed by atoms with van der Waals surface area (Å²) >= 11 is 0. The minimum atomic E-state index is -1.04. The number of aliphatic carboxylic acids is 1. The average molecular weight is 298 g/mol. The number of carbonyl (C=O) groups excluding carboxylic acids is 2. The van der Waals surface area contributed by atoms with Gasteiger partial charge in [0.2, 0.25) is 0 Å². The molecule has 1 aromatic heterocycles. The summed E-state index contributed by atoms with van der Waals surface area (Å²) < 4.78 is 0. The summed E-state index contributed by atoms with van der Waals surface area (Å²) in [6.45, 7) is 0.384. The number of aromatic nitrogens is 1. The summed E-state index contributed by atoms with van der Waals surface area (Å²) in [5.41, 5.74) is 0.140. The van der Waals surface area contributed by atoms with Gasteiger partial charge in [0.05, 0.1) is 5.56 Å². The van der Waals surface area contributed by atoms with Gasteiger partial charge in [-0.3, -0.25) is 9.78 Å². The molecule has 1 saturated carbocycles. The molecule has 0 spiro atoms. The van der Waals surface area contributed by atoms with Gasteiger partial charge in [0.25, 0.3) is 5.91 Å². The zero-order chi connectivity index (χ0) is 14.4. The van der Waals surface area contributed by atoms with Crippen molar-refractivity contribution in [2.24, 2.45) is 5.41 Å². The van der Waals surface area contributed by atoms with Crippen molar-refractivity contribution in [1.82, 2.24) is 10.3 Å². The van der Waals surface area contributed by atoms with E-state index in [4.69, 9.17) is 0 Å². The predicted octanol–water partition coefficient (Wildman–Crippen LogP) is -2.09. The Morgan fingerprint density at radius 1 is 1.29 bits per heavy atom. The summed E-state index contributed by atoms with van der Waals surface area (Å²) in [5, 5.41) is 13.8. The number of carboxylic acid groups (broad SMARTS) is 1. The molecule has 1 heterocycles. The number of rotatable bonds is 5. The summed E-state index contributed by atoms with van der Waals surface area (Å²) in [7, 11) is 0. The van der Waals surface area contributed by atoms with E-state index in [-0.39, 0.29) is 47.3 Å². The normalized spacial score (nSPS) is 16.6. The van der Waals surface area contributed by atoms with Gasteiger partial charge >= 0.3 is 29.6 Å². The van der Waals surface area contributed by atoms with E-state index in [1.54, 1.807) is 18.3 Å². The van der Waals surface area contributed by atoms with Crippen LogP contribution in [-0.2, 0) is 4.79 Å². The first kappa shape index (κ1) is 18.1. The average Bonchev–Trinajstić information content (AvgIpc) is 2.46. The van der Waals surface area contributed by atoms with Crippen LogP contribution in [0.1, 0.15) is 48.9 Å². The van der Waals surface area contributed by atoms with Crippen LogP contribution >= 0.6 is 0 Å². The van der Waals surface area contributed by atoms with Gasteiger partial charge in [-0.2, -0.15) is 0 Å². The zero-order valence-electron chi connectivity index (χ0n) is 12.4. The van der Waals surface area contributed by atoms with Crippen LogP contribution in [0.4, 0.5) is 0 Å². The van der Waals surface area contributed by atoms with Crippen molar-refractivity contribution in [1.29, 1.82) is 0 Å². The Morgan fingerprint density at radius 2 is 2.00 bits per heavy atom. The predicted molar refractivity (Wildman–Crippen MR) is 71.7 cm³/mol. The van der Waals surface area contributed by atoms with Crippen LogP contribution in [0.25, 0.3) is 0 Å². The Kier molecular flexibility index (Phi) is 7.35. The van der Waals surface area contributed by atoms with E-state index in [1.807, 2.05) is 0 Å². The number of hydrogen-bond donors (Lipinski definition) is 1. The molecule has 2 rings (SSSR count). The molecule has 0 atom stereocenters. The largest absolute Gasteiger partial charge is 1.00 e. The van der Waals surface area contributed by atoms with Gasteiger partial charge in [-0.1, -0.05) is 19.3 Å². The van der Waals surface area contributed by atoms with Gasteiger partial charge < -0.3 is 15.2 Å². The van der Waals surface area contributed by atoms with Crippen molar-refractivity contribution < 1.29 is 44.3 Å². The Morgan fingerprint density at radius 3 is 2.57 bits per heavy atom. The second kappa shape index (κ2) is 8.51. The van der Waals surface area contributed by atoms with Crippen LogP contribution in [-0.4, -0.2) is 23.4 Å². The molecule has 21 heavy (non-hydrogen) atoms. The number of carbonyl (C=O) groups is 2. The topological polar surface area (TPSA) is 82.1 Å². The van der Waals surface area contributed by atoms with E-state index in [9.17, 15) is 14.7 Å². The van der Waals surface area contributed by atoms with Gasteiger partial charge in [-0.15, -0.1) is 0 Å². The molecule has 1 amide bonds. The van der Waals surface area contributed by atoms with Gasteiger partial charge in [0.1, 0.15) is 0 Å². The maximum Gasteiger partial charge on any atom is 1.00 e. The minimum absolute atomic E-state index is 0. The smallest absolute Gasteiger partial charge is 0.550 e. The van der Waals surface area contributed by atoms with Gasteiger partial charge in [0, 0.05) is 24.9 Å². The van der Waals surface area contributed by atoms with Crippen LogP contribution < -0.4 is 40.0 Å². The Labute approximate surface area is 146 Å². The van der Waals surface area contributed by atoms with E-state index < -0.39 is 5.97 Å². The SMILES string of the molecule is O=C([O-])CC1(CNC(=O)c2cccnc2)CCCCC1.[Na+]. The van der Waals surface area contributed by atoms with E-state index in [0.717, 1.165) is 32.1 Å². The first-order chi connectivity index (χ1) is 9.61. The molecule has 1 fully saturated rings. The second-order valence-electron chi connectivity index (χ2n) is 5.53. The molecular formula is C15H19N2NaO3. The monoisotopic (exact) mass is 298 g/mol. The Bertz CT molecular complexity index is 473. The number of amides is 1. The van der Waals surface area contributed by atoms with Crippen LogP contribution in [0.5, 0.6) is 0 Å². The van der Waals surface area contributed by atoms with Gasteiger partial charge in [0.15, 0.2) is 0 Å². The third-order valence-corrected chi connectivity index (χ3v) is 3.98. The Balaban J connectivity index is 0.00000220. The molecule has 108 valence electrons. The van der Waals surface area contributed by atoms with Crippen LogP contribution in [0, 0.1) is 5.41 Å². The fourth-order valence-corrected chi connectivity index (χ4v) is 2.89. The summed E-state index contributed by atoms with van der Waals surface area (Å²) in [6.07, 6.45) is 7.93. The standard InChI is InChI=1S/C15H20N2O3.Na/c18-13(19)9-15(6-2-1-3-7-15)11-17-14(20)12-5-4-8-16-10-12;/h4-5,8,10H,1-3,6-7,9,11H2,(H,17,20)(H,18,19);/q;+1/p-1. The molecule has 1 aliphatic carbocycles. The molecule has 0 unspecified atom stereocenters. The van der Waals surface area contributed by atoms with Crippen molar-refractivity contribution in [2.75, 3.05) is 6.54 Å². The molecular weight excluding hydrogens is 279 g/mol. The van der Waals surface area contributed by atoms with E-state index >= 15 is 0 Å². The third kappa shape index (κ3) is 5.41. The molecule has 1 aliphatic rings. The van der Waals surface area contributed by atoms with E-state index in [0.29, 0.717) is 12.1 Å². The van der Waals surface area contributed by atoms with E-state index in [1.165, 1.54) is 6.20 Å². The molecule has 5 nitrogen and oxygen atoms in total. The molecule has 0 saturated heterocycles. The van der Waals surface area contributed by atoms with Crippen molar-refractivity contribution >= 4 is 11.9 Å². The molecule has 0 bridgehead atoms. The molecule has 1 N–H and O–H groups in total. The fourth-order valence-electron chi connectivity index (χ4n) is 2.89. The number of carboxylic acids is 1. The number of hydrogen-bond acceptors (Lipinski definition) is 4. The second-order valence-corrected chi connectivity index (χ2v) is 5.53. The first-order valence-electron chi connectivity index (χ1n) is 6.99. The first-order valence-corrected chi connectivity index (χ1v) is 6.99. The maximum absolute atomic E-state index is 12.0. The van der Waals surface area contributed by atoms with Crippen LogP contribution in [0.3, 0.4) is 0 Å². The number of pyridine rings is 1. The minimum Gasteiger partial charge on any atom is -0.550 e. The fraction of sp³-hybridized carbons (Fsp3) is 0.533. The zero-order valence-corrected chi connectivity index (χ0v) is 14.4. The quantitative estimate of drug-likeness (QED) is 0.632. The van der Waals surface area contributed by atoms with Gasteiger partial charge in [-0.05, 0) is 36.8 Å². The third-order valence-electron chi connectivity index (χ3n) is 3.98. The van der Waals surface area contributed by atoms with Crippen molar-refractivity contribution in [3.63, 3.8) is 0 Å². The number of nitrogens with zero attached hydrogens (tertiary/aromatic N) is 1. The van der Waals surface area contributed by atoms with E-state index in [2.05, 4.69) is 10.3 Å². The molecule has 0 aromatic carbocycles. The molecule has 6 heteroatoms. The summed E-state index contributed by atoms with van der Waals surface area (Å²) in [4.78, 5) is 26.9. The summed E-state index contributed by atoms with van der Waals surface area (Å²) in [6, 6.07) is 3.39. The summed E-state index contributed by atoms with van der Waals surface area (Å²) in [5.74, 6) is -1.25. The van der Waals surface area contributed by atoms with Gasteiger partial charge in [-0.25, -0.2) is 0 Å². The van der Waals surface area contributed by atoms with Crippen molar-refractivity contribution in [3.8, 4) is 0 Å². The Hall–Kier alpha value is -0.910. The van der Waals surface area contributed by atoms with Crippen LogP contribution in [0.2, 0.25) is 0 Å². The van der Waals surface area contributed by atoms with Crippen molar-refractivity contribution in [2.45, 2.75) is 38.5 Å². The maximum atomic E-state index is 12.0. The van der Waals surface area contributed by atoms with Crippen LogP contribution in [0.15, 0.2) is 24.5 Å². The number of nitrogens with one attached hydrogen (secondary N) is 1. The molecule has 0 aliphatic heterocycles. The molecule has 1 aromatic rings.